The Morgan fingerprint density at radius 3 is 2.75 bits per heavy atom. The smallest absolute Gasteiger partial charge is 0.317 e. The van der Waals surface area contributed by atoms with Crippen molar-refractivity contribution >= 4 is 17.6 Å². The molecule has 0 fully saturated rings. The van der Waals surface area contributed by atoms with Gasteiger partial charge in [-0.3, -0.25) is 0 Å². The third-order valence-corrected chi connectivity index (χ3v) is 3.84. The van der Waals surface area contributed by atoms with Crippen LogP contribution in [0, 0.1) is 0 Å². The standard InChI is InChI=1S/C18H21ClN2O3/c1-21(12-17(22)14-6-4-8-16(10-14)24-2)18(23)20-11-13-5-3-7-15(19)9-13/h3-10,17,22H,11-12H2,1-2H3,(H,20,23). The summed E-state index contributed by atoms with van der Waals surface area (Å²) < 4.78 is 5.14. The van der Waals surface area contributed by atoms with E-state index in [4.69, 9.17) is 16.3 Å². The molecule has 2 amide bonds. The second kappa shape index (κ2) is 8.57. The van der Waals surface area contributed by atoms with Gasteiger partial charge in [-0.1, -0.05) is 35.9 Å². The zero-order chi connectivity index (χ0) is 17.5. The van der Waals surface area contributed by atoms with Gasteiger partial charge >= 0.3 is 6.03 Å². The number of hydrogen-bond donors (Lipinski definition) is 2. The molecule has 0 spiro atoms. The van der Waals surface area contributed by atoms with Crippen LogP contribution >= 0.6 is 11.6 Å². The van der Waals surface area contributed by atoms with Crippen molar-refractivity contribution in [3.63, 3.8) is 0 Å². The summed E-state index contributed by atoms with van der Waals surface area (Å²) in [7, 11) is 3.21. The predicted molar refractivity (Wildman–Crippen MR) is 94.3 cm³/mol. The van der Waals surface area contributed by atoms with Gasteiger partial charge in [-0.05, 0) is 35.4 Å². The van der Waals surface area contributed by atoms with Crippen molar-refractivity contribution in [2.75, 3.05) is 20.7 Å². The van der Waals surface area contributed by atoms with Crippen LogP contribution in [-0.4, -0.2) is 36.7 Å². The molecule has 2 rings (SSSR count). The van der Waals surface area contributed by atoms with Crippen LogP contribution in [0.4, 0.5) is 4.79 Å². The predicted octanol–water partition coefficient (Wildman–Crippen LogP) is 3.22. The number of aliphatic hydroxyl groups excluding tert-OH is 1. The highest BCUT2D eigenvalue weighted by Crippen LogP contribution is 2.19. The number of benzene rings is 2. The topological polar surface area (TPSA) is 61.8 Å². The average molecular weight is 349 g/mol. The van der Waals surface area contributed by atoms with Crippen LogP contribution in [0.15, 0.2) is 48.5 Å². The Labute approximate surface area is 146 Å². The molecule has 128 valence electrons. The van der Waals surface area contributed by atoms with Gasteiger partial charge in [-0.25, -0.2) is 4.79 Å². The van der Waals surface area contributed by atoms with Crippen LogP contribution in [0.2, 0.25) is 5.02 Å². The van der Waals surface area contributed by atoms with Crippen LogP contribution < -0.4 is 10.1 Å². The fourth-order valence-electron chi connectivity index (χ4n) is 2.26. The highest BCUT2D eigenvalue weighted by molar-refractivity contribution is 6.30. The minimum Gasteiger partial charge on any atom is -0.497 e. The number of likely N-dealkylation sites (N-methyl/N-ethyl adjacent to an activating group) is 1. The summed E-state index contributed by atoms with van der Waals surface area (Å²) in [5, 5.41) is 13.7. The summed E-state index contributed by atoms with van der Waals surface area (Å²) in [5.74, 6) is 0.666. The summed E-state index contributed by atoms with van der Waals surface area (Å²) in [5.41, 5.74) is 1.61. The molecule has 2 aromatic rings. The van der Waals surface area contributed by atoms with E-state index in [9.17, 15) is 9.90 Å². The monoisotopic (exact) mass is 348 g/mol. The summed E-state index contributed by atoms with van der Waals surface area (Å²) in [6.07, 6.45) is -0.790. The second-order valence-corrected chi connectivity index (χ2v) is 5.90. The summed E-state index contributed by atoms with van der Waals surface area (Å²) in [4.78, 5) is 13.6. The largest absolute Gasteiger partial charge is 0.497 e. The molecule has 0 radical (unpaired) electrons. The maximum atomic E-state index is 12.1. The van der Waals surface area contributed by atoms with Crippen LogP contribution in [0.25, 0.3) is 0 Å². The maximum Gasteiger partial charge on any atom is 0.317 e. The molecule has 1 atom stereocenters. The van der Waals surface area contributed by atoms with E-state index in [0.717, 1.165) is 5.56 Å². The van der Waals surface area contributed by atoms with Crippen LogP contribution in [0.3, 0.4) is 0 Å². The summed E-state index contributed by atoms with van der Waals surface area (Å²) in [6.45, 7) is 0.549. The van der Waals surface area contributed by atoms with Gasteiger partial charge in [0.2, 0.25) is 0 Å². The average Bonchev–Trinajstić information content (AvgIpc) is 2.59. The molecule has 0 aliphatic heterocycles. The quantitative estimate of drug-likeness (QED) is 0.842. The normalized spacial score (nSPS) is 11.7. The number of carbonyl (C=O) groups excluding carboxylic acids is 1. The van der Waals surface area contributed by atoms with E-state index in [1.165, 1.54) is 4.90 Å². The number of nitrogens with one attached hydrogen (secondary N) is 1. The number of ether oxygens (including phenoxy) is 1. The number of hydrogen-bond acceptors (Lipinski definition) is 3. The fraction of sp³-hybridized carbons (Fsp3) is 0.278. The summed E-state index contributed by atoms with van der Waals surface area (Å²) >= 11 is 5.92. The molecule has 6 heteroatoms. The maximum absolute atomic E-state index is 12.1. The van der Waals surface area contributed by atoms with Crippen molar-refractivity contribution in [3.8, 4) is 5.75 Å². The number of methoxy groups -OCH3 is 1. The highest BCUT2D eigenvalue weighted by atomic mass is 35.5. The highest BCUT2D eigenvalue weighted by Gasteiger charge is 2.15. The number of aliphatic hydroxyl groups is 1. The Bertz CT molecular complexity index is 693. The minimum atomic E-state index is -0.790. The Morgan fingerprint density at radius 2 is 2.04 bits per heavy atom. The van der Waals surface area contributed by atoms with Crippen molar-refractivity contribution in [1.29, 1.82) is 0 Å². The zero-order valence-corrected chi connectivity index (χ0v) is 14.5. The molecular weight excluding hydrogens is 328 g/mol. The molecule has 0 heterocycles. The molecule has 2 aromatic carbocycles. The molecule has 1 unspecified atom stereocenters. The van der Waals surface area contributed by atoms with Crippen LogP contribution in [0.5, 0.6) is 5.75 Å². The first-order chi connectivity index (χ1) is 11.5. The van der Waals surface area contributed by atoms with Gasteiger partial charge in [-0.15, -0.1) is 0 Å². The molecule has 0 aliphatic rings. The third-order valence-electron chi connectivity index (χ3n) is 3.60. The van der Waals surface area contributed by atoms with Gasteiger partial charge in [0.15, 0.2) is 0 Å². The number of rotatable bonds is 6. The second-order valence-electron chi connectivity index (χ2n) is 5.46. The number of nitrogens with zero attached hydrogens (tertiary/aromatic N) is 1. The molecule has 2 N–H and O–H groups in total. The van der Waals surface area contributed by atoms with Crippen LogP contribution in [-0.2, 0) is 6.54 Å². The first-order valence-electron chi connectivity index (χ1n) is 7.55. The first kappa shape index (κ1) is 18.1. The van der Waals surface area contributed by atoms with E-state index >= 15 is 0 Å². The molecule has 0 bridgehead atoms. The van der Waals surface area contributed by atoms with E-state index in [0.29, 0.717) is 22.9 Å². The molecule has 24 heavy (non-hydrogen) atoms. The van der Waals surface area contributed by atoms with E-state index in [2.05, 4.69) is 5.32 Å². The SMILES string of the molecule is COc1cccc(C(O)CN(C)C(=O)NCc2cccc(Cl)c2)c1. The Morgan fingerprint density at radius 1 is 1.29 bits per heavy atom. The van der Waals surface area contributed by atoms with Gasteiger partial charge in [0.25, 0.3) is 0 Å². The number of carbonyl (C=O) groups is 1. The van der Waals surface area contributed by atoms with E-state index in [1.807, 2.05) is 12.1 Å². The molecule has 0 aromatic heterocycles. The van der Waals surface area contributed by atoms with Crippen molar-refractivity contribution in [1.82, 2.24) is 10.2 Å². The molecular formula is C18H21ClN2O3. The lowest BCUT2D eigenvalue weighted by Gasteiger charge is -2.22. The van der Waals surface area contributed by atoms with E-state index in [-0.39, 0.29) is 12.6 Å². The van der Waals surface area contributed by atoms with Gasteiger partial charge < -0.3 is 20.1 Å². The number of urea groups is 1. The lowest BCUT2D eigenvalue weighted by atomic mass is 10.1. The van der Waals surface area contributed by atoms with Gasteiger partial charge in [0.1, 0.15) is 5.75 Å². The van der Waals surface area contributed by atoms with E-state index in [1.54, 1.807) is 50.6 Å². The molecule has 0 saturated heterocycles. The lowest BCUT2D eigenvalue weighted by Crippen LogP contribution is -2.39. The van der Waals surface area contributed by atoms with Crippen molar-refractivity contribution in [2.45, 2.75) is 12.6 Å². The van der Waals surface area contributed by atoms with Gasteiger partial charge in [0.05, 0.1) is 19.8 Å². The summed E-state index contributed by atoms with van der Waals surface area (Å²) in [6, 6.07) is 14.2. The molecule has 0 saturated carbocycles. The number of amides is 2. The fourth-order valence-corrected chi connectivity index (χ4v) is 2.47. The van der Waals surface area contributed by atoms with E-state index < -0.39 is 6.10 Å². The third kappa shape index (κ3) is 5.15. The first-order valence-corrected chi connectivity index (χ1v) is 7.93. The van der Waals surface area contributed by atoms with Gasteiger partial charge in [-0.2, -0.15) is 0 Å². The van der Waals surface area contributed by atoms with Crippen LogP contribution in [0.1, 0.15) is 17.2 Å². The Balaban J connectivity index is 1.88. The molecule has 0 aliphatic carbocycles. The minimum absolute atomic E-state index is 0.175. The van der Waals surface area contributed by atoms with Crippen molar-refractivity contribution < 1.29 is 14.6 Å². The molecule has 5 nitrogen and oxygen atoms in total. The zero-order valence-electron chi connectivity index (χ0n) is 13.7. The van der Waals surface area contributed by atoms with Gasteiger partial charge in [0, 0.05) is 18.6 Å². The Hall–Kier alpha value is -2.24. The lowest BCUT2D eigenvalue weighted by molar-refractivity contribution is 0.131. The number of halogens is 1. The Kier molecular flexibility index (Phi) is 6.46. The van der Waals surface area contributed by atoms with Crippen molar-refractivity contribution in [2.24, 2.45) is 0 Å². The van der Waals surface area contributed by atoms with Crippen molar-refractivity contribution in [3.05, 3.63) is 64.7 Å².